The predicted octanol–water partition coefficient (Wildman–Crippen LogP) is 4.61. The lowest BCUT2D eigenvalue weighted by Gasteiger charge is -2.28. The van der Waals surface area contributed by atoms with Crippen molar-refractivity contribution in [3.8, 4) is 0 Å². The van der Waals surface area contributed by atoms with Crippen molar-refractivity contribution in [3.63, 3.8) is 0 Å². The maximum Gasteiger partial charge on any atom is 0.310 e. The van der Waals surface area contributed by atoms with E-state index >= 15 is 0 Å². The van der Waals surface area contributed by atoms with Gasteiger partial charge in [0.05, 0.1) is 5.92 Å². The second kappa shape index (κ2) is 7.88. The van der Waals surface area contributed by atoms with Crippen LogP contribution in [0.1, 0.15) is 40.0 Å². The third-order valence-corrected chi connectivity index (χ3v) is 6.31. The molecule has 0 aliphatic heterocycles. The fourth-order valence-corrected chi connectivity index (χ4v) is 4.88. The largest absolute Gasteiger partial charge is 0.457 e. The first-order chi connectivity index (χ1) is 13.5. The molecule has 2 saturated carbocycles. The maximum absolute atomic E-state index is 13.1. The fraction of sp³-hybridized carbons (Fsp3) is 0.348. The third kappa shape index (κ3) is 3.61. The first-order valence-electron chi connectivity index (χ1n) is 9.59. The summed E-state index contributed by atoms with van der Waals surface area (Å²) >= 11 is 5.83. The molecule has 0 aromatic heterocycles. The van der Waals surface area contributed by atoms with Crippen molar-refractivity contribution >= 4 is 29.1 Å². The Morgan fingerprint density at radius 2 is 1.50 bits per heavy atom. The molecule has 28 heavy (non-hydrogen) atoms. The van der Waals surface area contributed by atoms with Gasteiger partial charge in [0, 0.05) is 22.1 Å². The summed E-state index contributed by atoms with van der Waals surface area (Å²) in [6.45, 7) is -0.319. The number of halogens is 1. The smallest absolute Gasteiger partial charge is 0.310 e. The number of carbonyl (C=O) groups is 3. The number of Topliss-reactive ketones (excluding diaryl/α,β-unsaturated/α-hetero) is 2. The second-order valence-corrected chi connectivity index (χ2v) is 8.09. The zero-order valence-corrected chi connectivity index (χ0v) is 16.1. The van der Waals surface area contributed by atoms with Crippen molar-refractivity contribution in [3.05, 3.63) is 70.7 Å². The van der Waals surface area contributed by atoms with Crippen LogP contribution in [0.15, 0.2) is 54.6 Å². The molecular weight excluding hydrogens is 376 g/mol. The Morgan fingerprint density at radius 1 is 0.857 bits per heavy atom. The van der Waals surface area contributed by atoms with E-state index in [0.29, 0.717) is 16.1 Å². The van der Waals surface area contributed by atoms with Gasteiger partial charge in [-0.15, -0.1) is 0 Å². The molecule has 144 valence electrons. The number of ketones is 2. The van der Waals surface area contributed by atoms with E-state index in [1.54, 1.807) is 36.4 Å². The molecule has 0 unspecified atom stereocenters. The number of hydrogen-bond acceptors (Lipinski definition) is 4. The van der Waals surface area contributed by atoms with Gasteiger partial charge in [0.1, 0.15) is 0 Å². The SMILES string of the molecule is O=C(COC(=O)[C@H]1[C@@H]2CC[C@H](C2)[C@@H]1C(=O)c1ccccc1)c1ccc(Cl)cc1. The first kappa shape index (κ1) is 18.9. The number of esters is 1. The van der Waals surface area contributed by atoms with Crippen LogP contribution in [-0.2, 0) is 9.53 Å². The summed E-state index contributed by atoms with van der Waals surface area (Å²) in [5.41, 5.74) is 1.08. The highest BCUT2D eigenvalue weighted by Gasteiger charge is 2.54. The molecule has 2 fully saturated rings. The topological polar surface area (TPSA) is 60.4 Å². The Balaban J connectivity index is 1.45. The van der Waals surface area contributed by atoms with Crippen LogP contribution in [0.3, 0.4) is 0 Å². The van der Waals surface area contributed by atoms with E-state index in [1.807, 2.05) is 18.2 Å². The van der Waals surface area contributed by atoms with Crippen LogP contribution in [0.25, 0.3) is 0 Å². The van der Waals surface area contributed by atoms with Crippen molar-refractivity contribution in [2.45, 2.75) is 19.3 Å². The van der Waals surface area contributed by atoms with Gasteiger partial charge in [0.15, 0.2) is 18.2 Å². The number of hydrogen-bond donors (Lipinski definition) is 0. The Morgan fingerprint density at radius 3 is 2.18 bits per heavy atom. The maximum atomic E-state index is 13.1. The van der Waals surface area contributed by atoms with Gasteiger partial charge in [-0.2, -0.15) is 0 Å². The summed E-state index contributed by atoms with van der Waals surface area (Å²) in [7, 11) is 0. The zero-order valence-electron chi connectivity index (χ0n) is 15.3. The molecule has 0 amide bonds. The molecule has 0 saturated heterocycles. The van der Waals surface area contributed by atoms with Gasteiger partial charge in [-0.1, -0.05) is 41.9 Å². The summed E-state index contributed by atoms with van der Waals surface area (Å²) in [4.78, 5) is 38.2. The molecule has 4 rings (SSSR count). The van der Waals surface area contributed by atoms with Gasteiger partial charge in [0.2, 0.25) is 0 Å². The molecule has 0 heterocycles. The first-order valence-corrected chi connectivity index (χ1v) is 9.97. The lowest BCUT2D eigenvalue weighted by Crippen LogP contribution is -2.36. The molecule has 4 atom stereocenters. The Bertz CT molecular complexity index is 891. The number of benzene rings is 2. The van der Waals surface area contributed by atoms with Gasteiger partial charge >= 0.3 is 5.97 Å². The van der Waals surface area contributed by atoms with Crippen molar-refractivity contribution in [2.24, 2.45) is 23.7 Å². The van der Waals surface area contributed by atoms with Crippen LogP contribution in [0, 0.1) is 23.7 Å². The van der Waals surface area contributed by atoms with E-state index in [1.165, 1.54) is 0 Å². The quantitative estimate of drug-likeness (QED) is 0.528. The minimum atomic E-state index is -0.454. The van der Waals surface area contributed by atoms with Crippen LogP contribution in [0.2, 0.25) is 5.02 Å². The second-order valence-electron chi connectivity index (χ2n) is 7.65. The molecule has 4 nitrogen and oxygen atoms in total. The average molecular weight is 397 g/mol. The van der Waals surface area contributed by atoms with E-state index in [-0.39, 0.29) is 35.9 Å². The molecule has 0 spiro atoms. The van der Waals surface area contributed by atoms with Crippen LogP contribution >= 0.6 is 11.6 Å². The number of fused-ring (bicyclic) bond motifs is 2. The predicted molar refractivity (Wildman–Crippen MR) is 105 cm³/mol. The van der Waals surface area contributed by atoms with Crippen LogP contribution in [-0.4, -0.2) is 24.1 Å². The molecular formula is C23H21ClO4. The molecule has 5 heteroatoms. The van der Waals surface area contributed by atoms with Gasteiger partial charge < -0.3 is 4.74 Å². The highest BCUT2D eigenvalue weighted by atomic mass is 35.5. The monoisotopic (exact) mass is 396 g/mol. The molecule has 0 radical (unpaired) electrons. The minimum Gasteiger partial charge on any atom is -0.457 e. The summed E-state index contributed by atoms with van der Waals surface area (Å²) in [5, 5.41) is 0.540. The van der Waals surface area contributed by atoms with Crippen molar-refractivity contribution in [1.82, 2.24) is 0 Å². The number of rotatable bonds is 6. The molecule has 2 aliphatic carbocycles. The van der Waals surface area contributed by atoms with Gasteiger partial charge in [-0.3, -0.25) is 14.4 Å². The van der Waals surface area contributed by atoms with Crippen molar-refractivity contribution in [1.29, 1.82) is 0 Å². The molecule has 2 aromatic rings. The minimum absolute atomic E-state index is 0.0128. The van der Waals surface area contributed by atoms with E-state index in [9.17, 15) is 14.4 Å². The third-order valence-electron chi connectivity index (χ3n) is 6.06. The normalized spacial score (nSPS) is 25.5. The van der Waals surface area contributed by atoms with Crippen molar-refractivity contribution < 1.29 is 19.1 Å². The Kier molecular flexibility index (Phi) is 5.31. The highest BCUT2D eigenvalue weighted by Crippen LogP contribution is 2.53. The lowest BCUT2D eigenvalue weighted by atomic mass is 9.75. The van der Waals surface area contributed by atoms with E-state index in [0.717, 1.165) is 19.3 Å². The summed E-state index contributed by atoms with van der Waals surface area (Å²) < 4.78 is 5.37. The fourth-order valence-electron chi connectivity index (χ4n) is 4.75. The zero-order chi connectivity index (χ0) is 19.7. The van der Waals surface area contributed by atoms with E-state index in [4.69, 9.17) is 16.3 Å². The molecule has 0 N–H and O–H groups in total. The summed E-state index contributed by atoms with van der Waals surface area (Å²) in [6.07, 6.45) is 2.80. The number of ether oxygens (including phenoxy) is 1. The Labute approximate surface area is 168 Å². The summed E-state index contributed by atoms with van der Waals surface area (Å²) in [6, 6.07) is 15.6. The van der Waals surface area contributed by atoms with Crippen LogP contribution in [0.4, 0.5) is 0 Å². The van der Waals surface area contributed by atoms with Crippen LogP contribution < -0.4 is 0 Å². The highest BCUT2D eigenvalue weighted by molar-refractivity contribution is 6.30. The summed E-state index contributed by atoms with van der Waals surface area (Å²) in [5.74, 6) is -1.10. The average Bonchev–Trinajstić information content (AvgIpc) is 3.34. The van der Waals surface area contributed by atoms with Gasteiger partial charge in [-0.05, 0) is 55.4 Å². The van der Waals surface area contributed by atoms with Gasteiger partial charge in [-0.25, -0.2) is 0 Å². The molecule has 2 aliphatic rings. The Hall–Kier alpha value is -2.46. The lowest BCUT2D eigenvalue weighted by molar-refractivity contribution is -0.150. The van der Waals surface area contributed by atoms with Crippen LogP contribution in [0.5, 0.6) is 0 Å². The van der Waals surface area contributed by atoms with Gasteiger partial charge in [0.25, 0.3) is 0 Å². The standard InChI is InChI=1S/C23H21ClO4/c24-18-10-8-14(9-11-18)19(25)13-28-23(27)21-17-7-6-16(12-17)20(21)22(26)15-4-2-1-3-5-15/h1-5,8-11,16-17,20-21H,6-7,12-13H2/t16-,17-,20+,21+/m1/s1. The molecule has 2 aromatic carbocycles. The van der Waals surface area contributed by atoms with E-state index < -0.39 is 11.9 Å². The van der Waals surface area contributed by atoms with E-state index in [2.05, 4.69) is 0 Å². The van der Waals surface area contributed by atoms with Crippen molar-refractivity contribution in [2.75, 3.05) is 6.61 Å². The molecule has 2 bridgehead atoms. The number of carbonyl (C=O) groups excluding carboxylic acids is 3.